The Labute approximate surface area is 164 Å². The first-order valence-corrected chi connectivity index (χ1v) is 9.70. The normalized spacial score (nSPS) is 11.2. The molecule has 0 saturated carbocycles. The predicted molar refractivity (Wildman–Crippen MR) is 111 cm³/mol. The van der Waals surface area contributed by atoms with Crippen LogP contribution in [-0.2, 0) is 0 Å². The van der Waals surface area contributed by atoms with Crippen LogP contribution < -0.4 is 10.5 Å². The number of thiazole rings is 1. The van der Waals surface area contributed by atoms with Crippen molar-refractivity contribution >= 4 is 43.9 Å². The summed E-state index contributed by atoms with van der Waals surface area (Å²) in [5.41, 5.74) is 2.01. The van der Waals surface area contributed by atoms with Crippen molar-refractivity contribution in [3.8, 4) is 10.6 Å². The van der Waals surface area contributed by atoms with Gasteiger partial charge in [0, 0.05) is 42.4 Å². The third-order valence-corrected chi connectivity index (χ3v) is 5.71. The van der Waals surface area contributed by atoms with Crippen LogP contribution in [0.4, 0.5) is 11.4 Å². The Morgan fingerprint density at radius 3 is 2.64 bits per heavy atom. The largest absolute Gasteiger partial charge is 0.422 e. The topological polar surface area (TPSA) is 89.5 Å². The predicted octanol–water partition coefficient (Wildman–Crippen LogP) is 4.82. The van der Waals surface area contributed by atoms with Crippen molar-refractivity contribution in [2.24, 2.45) is 0 Å². The Kier molecular flexibility index (Phi) is 4.56. The molecule has 0 bridgehead atoms. The summed E-state index contributed by atoms with van der Waals surface area (Å²) in [6.45, 7) is 5.87. The number of benzene rings is 2. The number of nitro groups is 1. The van der Waals surface area contributed by atoms with E-state index >= 15 is 0 Å². The first-order valence-electron chi connectivity index (χ1n) is 8.88. The maximum absolute atomic E-state index is 12.6. The number of fused-ring (bicyclic) bond motifs is 2. The van der Waals surface area contributed by atoms with Gasteiger partial charge in [0.05, 0.1) is 20.7 Å². The summed E-state index contributed by atoms with van der Waals surface area (Å²) in [6.07, 6.45) is 0. The quantitative estimate of drug-likeness (QED) is 0.273. The number of nitro benzene ring substituents is 1. The molecule has 142 valence electrons. The summed E-state index contributed by atoms with van der Waals surface area (Å²) in [7, 11) is 0. The SMILES string of the molecule is CCN(CC)c1ccc2cc(-c3nc4ccc([N+](=O)[O-])cc4s3)c(=O)oc2c1. The standard InChI is InChI=1S/C20H17N3O4S/c1-3-22(4-2)13-6-5-12-9-15(20(24)27-17(12)10-13)19-21-16-8-7-14(23(25)26)11-18(16)28-19/h5-11H,3-4H2,1-2H3. The molecule has 8 heteroatoms. The van der Waals surface area contributed by atoms with Gasteiger partial charge >= 0.3 is 5.63 Å². The van der Waals surface area contributed by atoms with Crippen molar-refractivity contribution in [1.82, 2.24) is 4.98 Å². The zero-order chi connectivity index (χ0) is 19.8. The summed E-state index contributed by atoms with van der Waals surface area (Å²) >= 11 is 1.24. The lowest BCUT2D eigenvalue weighted by Crippen LogP contribution is -2.21. The lowest BCUT2D eigenvalue weighted by Gasteiger charge is -2.20. The molecule has 0 atom stereocenters. The summed E-state index contributed by atoms with van der Waals surface area (Å²) < 4.78 is 6.21. The first-order chi connectivity index (χ1) is 13.5. The minimum atomic E-state index is -0.474. The fourth-order valence-electron chi connectivity index (χ4n) is 3.18. The van der Waals surface area contributed by atoms with Crippen LogP contribution in [-0.4, -0.2) is 23.0 Å². The van der Waals surface area contributed by atoms with Crippen LogP contribution in [0.5, 0.6) is 0 Å². The van der Waals surface area contributed by atoms with Crippen molar-refractivity contribution in [3.63, 3.8) is 0 Å². The minimum absolute atomic E-state index is 0.00261. The smallest absolute Gasteiger partial charge is 0.346 e. The van der Waals surface area contributed by atoms with Gasteiger partial charge in [0.25, 0.3) is 5.69 Å². The maximum atomic E-state index is 12.6. The van der Waals surface area contributed by atoms with Gasteiger partial charge in [0.15, 0.2) is 0 Å². The highest BCUT2D eigenvalue weighted by Gasteiger charge is 2.15. The molecule has 0 fully saturated rings. The Bertz CT molecular complexity index is 1260. The number of nitrogens with zero attached hydrogens (tertiary/aromatic N) is 3. The second-order valence-electron chi connectivity index (χ2n) is 6.27. The molecule has 2 aromatic heterocycles. The van der Waals surface area contributed by atoms with E-state index < -0.39 is 10.5 Å². The van der Waals surface area contributed by atoms with Crippen LogP contribution in [0.15, 0.2) is 51.7 Å². The van der Waals surface area contributed by atoms with E-state index in [2.05, 4.69) is 23.7 Å². The molecule has 28 heavy (non-hydrogen) atoms. The number of aromatic nitrogens is 1. The average Bonchev–Trinajstić information content (AvgIpc) is 3.11. The van der Waals surface area contributed by atoms with Crippen molar-refractivity contribution in [2.45, 2.75) is 13.8 Å². The maximum Gasteiger partial charge on any atom is 0.346 e. The van der Waals surface area contributed by atoms with Gasteiger partial charge in [-0.1, -0.05) is 0 Å². The summed E-state index contributed by atoms with van der Waals surface area (Å²) in [5.74, 6) is 0. The zero-order valence-electron chi connectivity index (χ0n) is 15.3. The van der Waals surface area contributed by atoms with E-state index in [1.54, 1.807) is 12.1 Å². The molecule has 0 amide bonds. The highest BCUT2D eigenvalue weighted by molar-refractivity contribution is 7.21. The Balaban J connectivity index is 1.81. The van der Waals surface area contributed by atoms with Crippen molar-refractivity contribution in [2.75, 3.05) is 18.0 Å². The molecule has 4 aromatic rings. The second kappa shape index (κ2) is 7.05. The molecule has 7 nitrogen and oxygen atoms in total. The molecule has 2 heterocycles. The van der Waals surface area contributed by atoms with E-state index in [9.17, 15) is 14.9 Å². The fourth-order valence-corrected chi connectivity index (χ4v) is 4.18. The third kappa shape index (κ3) is 3.11. The van der Waals surface area contributed by atoms with Crippen LogP contribution in [0.1, 0.15) is 13.8 Å². The Hall–Kier alpha value is -3.26. The lowest BCUT2D eigenvalue weighted by molar-refractivity contribution is -0.384. The van der Waals surface area contributed by atoms with Gasteiger partial charge in [-0.3, -0.25) is 10.1 Å². The first kappa shape index (κ1) is 18.1. The molecule has 2 aromatic carbocycles. The molecule has 0 aliphatic heterocycles. The number of non-ortho nitro benzene ring substituents is 1. The summed E-state index contributed by atoms with van der Waals surface area (Å²) in [5, 5.41) is 12.2. The van der Waals surface area contributed by atoms with E-state index in [0.29, 0.717) is 26.4 Å². The van der Waals surface area contributed by atoms with E-state index in [0.717, 1.165) is 24.2 Å². The van der Waals surface area contributed by atoms with Gasteiger partial charge in [-0.15, -0.1) is 11.3 Å². The molecule has 4 rings (SSSR count). The van der Waals surface area contributed by atoms with Crippen molar-refractivity contribution in [3.05, 3.63) is 63.0 Å². The summed E-state index contributed by atoms with van der Waals surface area (Å²) in [6, 6.07) is 12.0. The van der Waals surface area contributed by atoms with Crippen LogP contribution in [0.25, 0.3) is 31.8 Å². The molecule has 0 spiro atoms. The van der Waals surface area contributed by atoms with Crippen LogP contribution in [0.2, 0.25) is 0 Å². The molecule has 0 unspecified atom stereocenters. The number of hydrogen-bond donors (Lipinski definition) is 0. The van der Waals surface area contributed by atoms with E-state index in [1.807, 2.05) is 18.2 Å². The monoisotopic (exact) mass is 395 g/mol. The molecule has 0 radical (unpaired) electrons. The molecule has 0 aliphatic rings. The van der Waals surface area contributed by atoms with E-state index in [-0.39, 0.29) is 5.69 Å². The van der Waals surface area contributed by atoms with Crippen molar-refractivity contribution < 1.29 is 9.34 Å². The number of hydrogen-bond acceptors (Lipinski definition) is 7. The Morgan fingerprint density at radius 1 is 1.14 bits per heavy atom. The molecule has 0 aliphatic carbocycles. The van der Waals surface area contributed by atoms with Crippen LogP contribution >= 0.6 is 11.3 Å². The molecule has 0 saturated heterocycles. The third-order valence-electron chi connectivity index (χ3n) is 4.66. The lowest BCUT2D eigenvalue weighted by atomic mass is 10.1. The highest BCUT2D eigenvalue weighted by atomic mass is 32.1. The van der Waals surface area contributed by atoms with Crippen LogP contribution in [0.3, 0.4) is 0 Å². The minimum Gasteiger partial charge on any atom is -0.422 e. The highest BCUT2D eigenvalue weighted by Crippen LogP contribution is 2.32. The van der Waals surface area contributed by atoms with Gasteiger partial charge in [0.2, 0.25) is 0 Å². The van der Waals surface area contributed by atoms with Gasteiger partial charge in [-0.25, -0.2) is 9.78 Å². The van der Waals surface area contributed by atoms with Gasteiger partial charge in [0.1, 0.15) is 10.6 Å². The number of anilines is 1. The van der Waals surface area contributed by atoms with Gasteiger partial charge < -0.3 is 9.32 Å². The van der Waals surface area contributed by atoms with Gasteiger partial charge in [-0.05, 0) is 38.1 Å². The molecular formula is C20H17N3O4S. The van der Waals surface area contributed by atoms with E-state index in [4.69, 9.17) is 4.42 Å². The second-order valence-corrected chi connectivity index (χ2v) is 7.30. The van der Waals surface area contributed by atoms with E-state index in [1.165, 1.54) is 23.5 Å². The van der Waals surface area contributed by atoms with Crippen molar-refractivity contribution in [1.29, 1.82) is 0 Å². The zero-order valence-corrected chi connectivity index (χ0v) is 16.2. The molecule has 0 N–H and O–H groups in total. The Morgan fingerprint density at radius 2 is 1.93 bits per heavy atom. The average molecular weight is 395 g/mol. The molecular weight excluding hydrogens is 378 g/mol. The van der Waals surface area contributed by atoms with Crippen LogP contribution in [0, 0.1) is 10.1 Å². The van der Waals surface area contributed by atoms with Gasteiger partial charge in [-0.2, -0.15) is 0 Å². The number of rotatable bonds is 5. The fraction of sp³-hybridized carbons (Fsp3) is 0.200. The summed E-state index contributed by atoms with van der Waals surface area (Å²) in [4.78, 5) is 29.7.